The van der Waals surface area contributed by atoms with Crippen molar-refractivity contribution in [1.29, 1.82) is 0 Å². The lowest BCUT2D eigenvalue weighted by atomic mass is 10.00. The Kier molecular flexibility index (Phi) is 5.16. The largest absolute Gasteiger partial charge is 0.493 e. The number of nitrogens with zero attached hydrogens (tertiary/aromatic N) is 1. The molecule has 0 bridgehead atoms. The SMILES string of the molecule is COc1ccccc1OCC(=O)N1CC=C(c2ccccc2)CC1. The summed E-state index contributed by atoms with van der Waals surface area (Å²) in [5, 5.41) is 0. The second-order valence-corrected chi connectivity index (χ2v) is 5.62. The first-order valence-corrected chi connectivity index (χ1v) is 8.06. The Morgan fingerprint density at radius 2 is 1.75 bits per heavy atom. The quantitative estimate of drug-likeness (QED) is 0.846. The minimum absolute atomic E-state index is 0.00994. The molecule has 0 saturated carbocycles. The van der Waals surface area contributed by atoms with E-state index < -0.39 is 0 Å². The summed E-state index contributed by atoms with van der Waals surface area (Å²) in [5.74, 6) is 1.21. The van der Waals surface area contributed by atoms with Crippen molar-refractivity contribution >= 4 is 11.5 Å². The second-order valence-electron chi connectivity index (χ2n) is 5.62. The number of methoxy groups -OCH3 is 1. The van der Waals surface area contributed by atoms with Crippen LogP contribution in [0.2, 0.25) is 0 Å². The van der Waals surface area contributed by atoms with Gasteiger partial charge in [-0.3, -0.25) is 4.79 Å². The van der Waals surface area contributed by atoms with E-state index in [-0.39, 0.29) is 12.5 Å². The van der Waals surface area contributed by atoms with E-state index in [4.69, 9.17) is 9.47 Å². The Balaban J connectivity index is 1.56. The number of rotatable bonds is 5. The van der Waals surface area contributed by atoms with E-state index in [1.54, 1.807) is 13.2 Å². The number of hydrogen-bond acceptors (Lipinski definition) is 3. The minimum atomic E-state index is -0.00994. The summed E-state index contributed by atoms with van der Waals surface area (Å²) in [7, 11) is 1.59. The summed E-state index contributed by atoms with van der Waals surface area (Å²) < 4.78 is 10.8. The van der Waals surface area contributed by atoms with Crippen molar-refractivity contribution in [3.05, 3.63) is 66.2 Å². The first-order chi connectivity index (χ1) is 11.8. The molecule has 0 aliphatic carbocycles. The van der Waals surface area contributed by atoms with Gasteiger partial charge < -0.3 is 14.4 Å². The molecule has 1 aliphatic heterocycles. The zero-order chi connectivity index (χ0) is 16.8. The molecule has 24 heavy (non-hydrogen) atoms. The van der Waals surface area contributed by atoms with Crippen molar-refractivity contribution in [2.75, 3.05) is 26.8 Å². The van der Waals surface area contributed by atoms with Crippen LogP contribution in [0, 0.1) is 0 Å². The summed E-state index contributed by atoms with van der Waals surface area (Å²) in [5.41, 5.74) is 2.53. The molecule has 0 fully saturated rings. The molecule has 0 atom stereocenters. The molecule has 4 nitrogen and oxygen atoms in total. The highest BCUT2D eigenvalue weighted by Crippen LogP contribution is 2.26. The zero-order valence-corrected chi connectivity index (χ0v) is 13.8. The van der Waals surface area contributed by atoms with E-state index in [0.29, 0.717) is 18.0 Å². The van der Waals surface area contributed by atoms with Gasteiger partial charge in [-0.05, 0) is 29.7 Å². The highest BCUT2D eigenvalue weighted by Gasteiger charge is 2.18. The lowest BCUT2D eigenvalue weighted by Crippen LogP contribution is -2.37. The van der Waals surface area contributed by atoms with Crippen molar-refractivity contribution in [2.45, 2.75) is 6.42 Å². The Hall–Kier alpha value is -2.75. The first kappa shape index (κ1) is 16.1. The van der Waals surface area contributed by atoms with E-state index in [2.05, 4.69) is 18.2 Å². The van der Waals surface area contributed by atoms with Crippen molar-refractivity contribution in [3.8, 4) is 11.5 Å². The zero-order valence-electron chi connectivity index (χ0n) is 13.8. The molecular formula is C20H21NO3. The van der Waals surface area contributed by atoms with Crippen molar-refractivity contribution < 1.29 is 14.3 Å². The maximum atomic E-state index is 12.3. The van der Waals surface area contributed by atoms with Gasteiger partial charge in [0.15, 0.2) is 18.1 Å². The molecule has 2 aromatic rings. The Bertz CT molecular complexity index is 725. The lowest BCUT2D eigenvalue weighted by molar-refractivity contribution is -0.132. The van der Waals surface area contributed by atoms with Crippen LogP contribution in [0.15, 0.2) is 60.7 Å². The average molecular weight is 323 g/mol. The fourth-order valence-corrected chi connectivity index (χ4v) is 2.78. The Labute approximate surface area is 142 Å². The van der Waals surface area contributed by atoms with E-state index in [1.165, 1.54) is 11.1 Å². The molecule has 1 amide bonds. The van der Waals surface area contributed by atoms with E-state index >= 15 is 0 Å². The van der Waals surface area contributed by atoms with E-state index in [1.807, 2.05) is 41.3 Å². The van der Waals surface area contributed by atoms with Crippen molar-refractivity contribution in [1.82, 2.24) is 4.90 Å². The Morgan fingerprint density at radius 1 is 1.04 bits per heavy atom. The molecule has 1 aliphatic rings. The van der Waals surface area contributed by atoms with E-state index in [0.717, 1.165) is 13.0 Å². The van der Waals surface area contributed by atoms with Crippen LogP contribution in [0.25, 0.3) is 5.57 Å². The van der Waals surface area contributed by atoms with Gasteiger partial charge in [0.05, 0.1) is 7.11 Å². The van der Waals surface area contributed by atoms with Gasteiger partial charge in [-0.2, -0.15) is 0 Å². The van der Waals surface area contributed by atoms with Gasteiger partial charge in [0, 0.05) is 13.1 Å². The van der Waals surface area contributed by atoms with Crippen LogP contribution >= 0.6 is 0 Å². The predicted molar refractivity (Wildman–Crippen MR) is 94.1 cm³/mol. The molecule has 0 radical (unpaired) electrons. The van der Waals surface area contributed by atoms with Gasteiger partial charge in [0.1, 0.15) is 0 Å². The van der Waals surface area contributed by atoms with Crippen molar-refractivity contribution in [2.24, 2.45) is 0 Å². The highest BCUT2D eigenvalue weighted by molar-refractivity contribution is 5.79. The number of carbonyl (C=O) groups excluding carboxylic acids is 1. The van der Waals surface area contributed by atoms with Crippen LogP contribution in [0.1, 0.15) is 12.0 Å². The van der Waals surface area contributed by atoms with Crippen LogP contribution in [-0.4, -0.2) is 37.6 Å². The third-order valence-electron chi connectivity index (χ3n) is 4.13. The van der Waals surface area contributed by atoms with Crippen LogP contribution in [0.4, 0.5) is 0 Å². The van der Waals surface area contributed by atoms with Gasteiger partial charge in [0.2, 0.25) is 0 Å². The maximum Gasteiger partial charge on any atom is 0.260 e. The second kappa shape index (κ2) is 7.68. The maximum absolute atomic E-state index is 12.3. The van der Waals surface area contributed by atoms with Gasteiger partial charge in [-0.25, -0.2) is 0 Å². The monoisotopic (exact) mass is 323 g/mol. The van der Waals surface area contributed by atoms with Gasteiger partial charge in [-0.1, -0.05) is 48.5 Å². The molecule has 0 spiro atoms. The standard InChI is InChI=1S/C20H21NO3/c1-23-18-9-5-6-10-19(18)24-15-20(22)21-13-11-17(12-14-21)16-7-3-2-4-8-16/h2-11H,12-15H2,1H3. The predicted octanol–water partition coefficient (Wildman–Crippen LogP) is 3.39. The summed E-state index contributed by atoms with van der Waals surface area (Å²) >= 11 is 0. The molecule has 0 N–H and O–H groups in total. The molecule has 3 rings (SSSR count). The highest BCUT2D eigenvalue weighted by atomic mass is 16.5. The number of ether oxygens (including phenoxy) is 2. The summed E-state index contributed by atoms with van der Waals surface area (Å²) in [6.45, 7) is 1.36. The molecule has 1 heterocycles. The number of amides is 1. The topological polar surface area (TPSA) is 38.8 Å². The summed E-state index contributed by atoms with van der Waals surface area (Å²) in [4.78, 5) is 14.2. The summed E-state index contributed by atoms with van der Waals surface area (Å²) in [6.07, 6.45) is 2.99. The molecule has 0 saturated heterocycles. The first-order valence-electron chi connectivity index (χ1n) is 8.06. The molecular weight excluding hydrogens is 302 g/mol. The normalized spacial score (nSPS) is 14.0. The van der Waals surface area contributed by atoms with Gasteiger partial charge in [0.25, 0.3) is 5.91 Å². The molecule has 0 unspecified atom stereocenters. The average Bonchev–Trinajstić information content (AvgIpc) is 2.67. The molecule has 124 valence electrons. The Morgan fingerprint density at radius 3 is 2.42 bits per heavy atom. The van der Waals surface area contributed by atoms with Crippen molar-refractivity contribution in [3.63, 3.8) is 0 Å². The summed E-state index contributed by atoms with van der Waals surface area (Å²) in [6, 6.07) is 17.6. The minimum Gasteiger partial charge on any atom is -0.493 e. The van der Waals surface area contributed by atoms with Gasteiger partial charge in [-0.15, -0.1) is 0 Å². The van der Waals surface area contributed by atoms with Crippen LogP contribution in [-0.2, 0) is 4.79 Å². The number of benzene rings is 2. The number of hydrogen-bond donors (Lipinski definition) is 0. The van der Waals surface area contributed by atoms with Crippen LogP contribution < -0.4 is 9.47 Å². The fourth-order valence-electron chi connectivity index (χ4n) is 2.78. The molecule has 0 aromatic heterocycles. The van der Waals surface area contributed by atoms with Crippen LogP contribution in [0.3, 0.4) is 0 Å². The van der Waals surface area contributed by atoms with Crippen LogP contribution in [0.5, 0.6) is 11.5 Å². The third-order valence-corrected chi connectivity index (χ3v) is 4.13. The lowest BCUT2D eigenvalue weighted by Gasteiger charge is -2.26. The smallest absolute Gasteiger partial charge is 0.260 e. The number of para-hydroxylation sites is 2. The number of carbonyl (C=O) groups is 1. The molecule has 2 aromatic carbocycles. The van der Waals surface area contributed by atoms with E-state index in [9.17, 15) is 4.79 Å². The van der Waals surface area contributed by atoms with Gasteiger partial charge >= 0.3 is 0 Å². The molecule has 4 heteroatoms. The fraction of sp³-hybridized carbons (Fsp3) is 0.250. The third kappa shape index (κ3) is 3.77.